The topological polar surface area (TPSA) is 0 Å². The second-order valence-corrected chi connectivity index (χ2v) is 14.2. The predicted octanol–water partition coefficient (Wildman–Crippen LogP) is 8.21. The van der Waals surface area contributed by atoms with Gasteiger partial charge in [0.1, 0.15) is 0 Å². The maximum atomic E-state index is 2.67. The molecule has 0 aromatic rings. The molecule has 0 nitrogen and oxygen atoms in total. The summed E-state index contributed by atoms with van der Waals surface area (Å²) in [5, 5.41) is 0. The molecule has 4 aliphatic carbocycles. The smallest absolute Gasteiger partial charge is 0.0155 e. The van der Waals surface area contributed by atoms with E-state index in [-0.39, 0.29) is 54.1 Å². The van der Waals surface area contributed by atoms with Crippen LogP contribution < -0.4 is 0 Å². The Balaban J connectivity index is 2.71. The number of hydrogen-bond acceptors (Lipinski definition) is 0. The van der Waals surface area contributed by atoms with Crippen LogP contribution in [0.4, 0.5) is 0 Å². The van der Waals surface area contributed by atoms with E-state index in [0.29, 0.717) is 0 Å². The summed E-state index contributed by atoms with van der Waals surface area (Å²) in [6, 6.07) is 0. The van der Waals surface area contributed by atoms with Gasteiger partial charge in [0.15, 0.2) is 0 Å². The molecule has 4 aliphatic rings. The minimum atomic E-state index is 0.232. The zero-order chi connectivity index (χ0) is 21.0. The first-order chi connectivity index (χ1) is 11.0. The molecule has 0 saturated heterocycles. The van der Waals surface area contributed by atoms with E-state index in [1.807, 2.05) is 0 Å². The summed E-state index contributed by atoms with van der Waals surface area (Å²) < 4.78 is 0. The van der Waals surface area contributed by atoms with Crippen LogP contribution in [-0.4, -0.2) is 0 Å². The molecule has 4 fully saturated rings. The van der Waals surface area contributed by atoms with Crippen molar-refractivity contribution in [3.8, 4) is 0 Å². The third-order valence-corrected chi connectivity index (χ3v) is 15.0. The third kappa shape index (κ3) is 1.09. The molecule has 0 N–H and O–H groups in total. The second kappa shape index (κ2) is 4.00. The quantitative estimate of drug-likeness (QED) is 0.408. The zero-order valence-electron chi connectivity index (χ0n) is 21.0. The summed E-state index contributed by atoms with van der Waals surface area (Å²) in [6.45, 7) is 42.1. The molecule has 4 saturated carbocycles. The summed E-state index contributed by atoms with van der Waals surface area (Å²) >= 11 is 0. The van der Waals surface area contributed by atoms with Crippen LogP contribution in [0.3, 0.4) is 0 Å². The lowest BCUT2D eigenvalue weighted by molar-refractivity contribution is -0.516. The summed E-state index contributed by atoms with van der Waals surface area (Å²) in [4.78, 5) is 0. The predicted molar refractivity (Wildman–Crippen MR) is 115 cm³/mol. The first kappa shape index (κ1) is 20.7. The monoisotopic (exact) mass is 360 g/mol. The molecule has 0 spiro atoms. The molecule has 152 valence electrons. The van der Waals surface area contributed by atoms with Crippen LogP contribution in [0.5, 0.6) is 0 Å². The Morgan fingerprint density at radius 3 is 0.346 bits per heavy atom. The van der Waals surface area contributed by atoms with Gasteiger partial charge in [-0.3, -0.25) is 0 Å². The molecule has 0 heteroatoms. The lowest BCUT2D eigenvalue weighted by Crippen LogP contribution is -2.94. The Kier molecular flexibility index (Phi) is 3.19. The van der Waals surface area contributed by atoms with Gasteiger partial charge < -0.3 is 0 Å². The largest absolute Gasteiger partial charge is 0.0588 e. The van der Waals surface area contributed by atoms with E-state index in [1.165, 1.54) is 0 Å². The molecule has 0 atom stereocenters. The molecule has 26 heavy (non-hydrogen) atoms. The van der Waals surface area contributed by atoms with Crippen molar-refractivity contribution in [1.82, 2.24) is 0 Å². The van der Waals surface area contributed by atoms with E-state index in [1.54, 1.807) is 0 Å². The SMILES string of the molecule is CC1(C)C2(C)C(C)(C)C3(C)C(C)(C)C1(C)C(C)(C)C(C)(C2(C)C)C3(C)C. The average molecular weight is 361 g/mol. The van der Waals surface area contributed by atoms with Crippen LogP contribution in [-0.2, 0) is 0 Å². The molecule has 4 bridgehead atoms. The first-order valence-electron chi connectivity index (χ1n) is 11.0. The molecule has 0 radical (unpaired) electrons. The van der Waals surface area contributed by atoms with Crippen molar-refractivity contribution in [3.63, 3.8) is 0 Å². The Labute approximate surface area is 165 Å². The van der Waals surface area contributed by atoms with Crippen LogP contribution in [0.25, 0.3) is 0 Å². The Hall–Kier alpha value is 0. The fraction of sp³-hybridized carbons (Fsp3) is 1.00. The first-order valence-corrected chi connectivity index (χ1v) is 11.0. The Morgan fingerprint density at radius 1 is 0.192 bits per heavy atom. The molecule has 0 aromatic heterocycles. The van der Waals surface area contributed by atoms with E-state index in [0.717, 1.165) is 0 Å². The molecule has 0 unspecified atom stereocenters. The zero-order valence-corrected chi connectivity index (χ0v) is 21.0. The van der Waals surface area contributed by atoms with Gasteiger partial charge in [-0.2, -0.15) is 0 Å². The fourth-order valence-electron chi connectivity index (χ4n) is 12.4. The van der Waals surface area contributed by atoms with Gasteiger partial charge in [0.05, 0.1) is 0 Å². The average Bonchev–Trinajstić information content (AvgIpc) is 2.46. The van der Waals surface area contributed by atoms with Gasteiger partial charge in [0.2, 0.25) is 0 Å². The van der Waals surface area contributed by atoms with Crippen molar-refractivity contribution in [3.05, 3.63) is 0 Å². The minimum Gasteiger partial charge on any atom is -0.0588 e. The molecular weight excluding hydrogens is 312 g/mol. The van der Waals surface area contributed by atoms with Gasteiger partial charge in [-0.15, -0.1) is 0 Å². The highest BCUT2D eigenvalue weighted by Gasteiger charge is 2.95. The van der Waals surface area contributed by atoms with Crippen molar-refractivity contribution >= 4 is 0 Å². The van der Waals surface area contributed by atoms with E-state index in [4.69, 9.17) is 0 Å². The second-order valence-electron chi connectivity index (χ2n) is 14.2. The van der Waals surface area contributed by atoms with E-state index < -0.39 is 0 Å². The van der Waals surface area contributed by atoms with Crippen molar-refractivity contribution in [2.45, 2.75) is 111 Å². The van der Waals surface area contributed by atoms with Crippen LogP contribution in [0.15, 0.2) is 0 Å². The summed E-state index contributed by atoms with van der Waals surface area (Å²) in [5.74, 6) is 0. The van der Waals surface area contributed by atoms with Gasteiger partial charge in [-0.1, -0.05) is 111 Å². The maximum absolute atomic E-state index is 2.67. The maximum Gasteiger partial charge on any atom is -0.0155 e. The Morgan fingerprint density at radius 2 is 0.269 bits per heavy atom. The lowest BCUT2D eigenvalue weighted by atomic mass is 9.05. The Bertz CT molecular complexity index is 482. The van der Waals surface area contributed by atoms with E-state index in [2.05, 4.69) is 111 Å². The summed E-state index contributed by atoms with van der Waals surface area (Å²) in [7, 11) is 0. The summed E-state index contributed by atoms with van der Waals surface area (Å²) in [6.07, 6.45) is 0. The van der Waals surface area contributed by atoms with Gasteiger partial charge in [0.25, 0.3) is 0 Å². The van der Waals surface area contributed by atoms with Gasteiger partial charge in [0, 0.05) is 0 Å². The minimum absolute atomic E-state index is 0.232. The summed E-state index contributed by atoms with van der Waals surface area (Å²) in [5.41, 5.74) is 2.36. The van der Waals surface area contributed by atoms with Gasteiger partial charge >= 0.3 is 0 Å². The highest BCUT2D eigenvalue weighted by Crippen LogP contribution is 3.00. The van der Waals surface area contributed by atoms with Crippen LogP contribution >= 0.6 is 0 Å². The van der Waals surface area contributed by atoms with E-state index >= 15 is 0 Å². The van der Waals surface area contributed by atoms with Gasteiger partial charge in [-0.25, -0.2) is 0 Å². The highest BCUT2D eigenvalue weighted by molar-refractivity contribution is 5.42. The molecule has 0 aromatic carbocycles. The highest BCUT2D eigenvalue weighted by atomic mass is 15.0. The number of rotatable bonds is 0. The lowest BCUT2D eigenvalue weighted by Gasteiger charge is -2.98. The molecule has 4 rings (SSSR count). The molecule has 0 heterocycles. The van der Waals surface area contributed by atoms with Crippen LogP contribution in [0, 0.1) is 54.1 Å². The van der Waals surface area contributed by atoms with Crippen molar-refractivity contribution < 1.29 is 0 Å². The van der Waals surface area contributed by atoms with Crippen molar-refractivity contribution in [2.75, 3.05) is 0 Å². The third-order valence-electron chi connectivity index (χ3n) is 15.0. The number of hydrogen-bond donors (Lipinski definition) is 0. The van der Waals surface area contributed by atoms with Crippen LogP contribution in [0.2, 0.25) is 0 Å². The molecule has 0 amide bonds. The molecular formula is C26H48. The fourth-order valence-corrected chi connectivity index (χ4v) is 12.4. The molecule has 0 aliphatic heterocycles. The van der Waals surface area contributed by atoms with Crippen molar-refractivity contribution in [2.24, 2.45) is 54.1 Å². The van der Waals surface area contributed by atoms with E-state index in [9.17, 15) is 0 Å². The van der Waals surface area contributed by atoms with Gasteiger partial charge in [-0.05, 0) is 54.1 Å². The standard InChI is InChI=1S/C26H48/c1-17(2)23(13)18(3,4)25(15)20(7,8)24(17,14)21(9,10)26(16,19(23,5)6)22(25,11)12/h1-16H3. The normalized spacial score (nSPS) is 53.5. The van der Waals surface area contributed by atoms with Crippen LogP contribution in [0.1, 0.15) is 111 Å². The van der Waals surface area contributed by atoms with Crippen molar-refractivity contribution in [1.29, 1.82) is 0 Å².